The molecule has 1 heterocycles. The van der Waals surface area contributed by atoms with E-state index in [9.17, 15) is 9.18 Å². The number of anilines is 1. The van der Waals surface area contributed by atoms with Crippen LogP contribution in [0.3, 0.4) is 0 Å². The molecular formula is C13H15FN4O. The molecule has 0 radical (unpaired) electrons. The molecule has 0 aromatic heterocycles. The molecule has 0 spiro atoms. The molecule has 0 bridgehead atoms. The Bertz CT molecular complexity index is 474. The van der Waals surface area contributed by atoms with Crippen LogP contribution in [0.2, 0.25) is 0 Å². The van der Waals surface area contributed by atoms with Crippen molar-refractivity contribution < 1.29 is 9.18 Å². The number of nitrogens with zero attached hydrogens (tertiary/aromatic N) is 3. The molecule has 1 aliphatic rings. The molecule has 5 nitrogen and oxygen atoms in total. The van der Waals surface area contributed by atoms with Crippen molar-refractivity contribution >= 4 is 11.7 Å². The van der Waals surface area contributed by atoms with Crippen molar-refractivity contribution in [3.63, 3.8) is 0 Å². The Balaban J connectivity index is 1.85. The molecule has 6 heteroatoms. The summed E-state index contributed by atoms with van der Waals surface area (Å²) in [5.74, 6) is -0.330. The second kappa shape index (κ2) is 6.16. The van der Waals surface area contributed by atoms with Gasteiger partial charge in [0.2, 0.25) is 0 Å². The Kier molecular flexibility index (Phi) is 4.31. The van der Waals surface area contributed by atoms with Gasteiger partial charge in [0.15, 0.2) is 0 Å². The average molecular weight is 262 g/mol. The number of halogens is 1. The fourth-order valence-electron chi connectivity index (χ4n) is 1.94. The number of hydrogen-bond acceptors (Lipinski definition) is 3. The van der Waals surface area contributed by atoms with Gasteiger partial charge in [-0.15, -0.1) is 0 Å². The van der Waals surface area contributed by atoms with Gasteiger partial charge in [0, 0.05) is 31.9 Å². The first kappa shape index (κ1) is 13.3. The molecule has 19 heavy (non-hydrogen) atoms. The largest absolute Gasteiger partial charge is 0.322 e. The monoisotopic (exact) mass is 262 g/mol. The first-order valence-corrected chi connectivity index (χ1v) is 6.10. The van der Waals surface area contributed by atoms with Crippen molar-refractivity contribution in [2.75, 3.05) is 38.0 Å². The van der Waals surface area contributed by atoms with Crippen LogP contribution in [0.1, 0.15) is 0 Å². The van der Waals surface area contributed by atoms with Gasteiger partial charge in [-0.25, -0.2) is 9.18 Å². The normalized spacial score (nSPS) is 15.9. The van der Waals surface area contributed by atoms with Crippen LogP contribution < -0.4 is 5.32 Å². The zero-order valence-electron chi connectivity index (χ0n) is 10.5. The van der Waals surface area contributed by atoms with Gasteiger partial charge in [0.05, 0.1) is 12.6 Å². The van der Waals surface area contributed by atoms with E-state index in [1.54, 1.807) is 4.90 Å². The van der Waals surface area contributed by atoms with E-state index in [1.807, 2.05) is 4.90 Å². The smallest absolute Gasteiger partial charge is 0.321 e. The third kappa shape index (κ3) is 3.66. The van der Waals surface area contributed by atoms with Crippen LogP contribution in [0.25, 0.3) is 0 Å². The lowest BCUT2D eigenvalue weighted by Gasteiger charge is -2.33. The second-order valence-electron chi connectivity index (χ2n) is 4.36. The predicted molar refractivity (Wildman–Crippen MR) is 69.0 cm³/mol. The number of piperazine rings is 1. The first-order chi connectivity index (χ1) is 9.19. The Hall–Kier alpha value is -2.13. The fraction of sp³-hybridized carbons (Fsp3) is 0.385. The van der Waals surface area contributed by atoms with Gasteiger partial charge in [0.25, 0.3) is 0 Å². The van der Waals surface area contributed by atoms with E-state index in [2.05, 4.69) is 11.4 Å². The third-order valence-electron chi connectivity index (χ3n) is 3.05. The van der Waals surface area contributed by atoms with Crippen LogP contribution in [0.15, 0.2) is 24.3 Å². The van der Waals surface area contributed by atoms with Crippen LogP contribution in [0.4, 0.5) is 14.9 Å². The molecule has 1 N–H and O–H groups in total. The number of rotatable bonds is 2. The van der Waals surface area contributed by atoms with Crippen molar-refractivity contribution in [2.24, 2.45) is 0 Å². The lowest BCUT2D eigenvalue weighted by molar-refractivity contribution is 0.156. The van der Waals surface area contributed by atoms with Gasteiger partial charge < -0.3 is 10.2 Å². The molecule has 100 valence electrons. The molecule has 1 aromatic rings. The number of hydrogen-bond donors (Lipinski definition) is 1. The summed E-state index contributed by atoms with van der Waals surface area (Å²) < 4.78 is 12.7. The molecule has 0 atom stereocenters. The maximum atomic E-state index is 12.7. The van der Waals surface area contributed by atoms with Gasteiger partial charge in [-0.3, -0.25) is 4.90 Å². The van der Waals surface area contributed by atoms with Gasteiger partial charge in [-0.05, 0) is 24.3 Å². The van der Waals surface area contributed by atoms with E-state index >= 15 is 0 Å². The van der Waals surface area contributed by atoms with Crippen molar-refractivity contribution in [3.05, 3.63) is 30.1 Å². The highest BCUT2D eigenvalue weighted by Crippen LogP contribution is 2.10. The number of urea groups is 1. The zero-order valence-corrected chi connectivity index (χ0v) is 10.5. The van der Waals surface area contributed by atoms with Gasteiger partial charge >= 0.3 is 6.03 Å². The number of nitrogens with one attached hydrogen (secondary N) is 1. The molecular weight excluding hydrogens is 247 g/mol. The molecule has 1 aliphatic heterocycles. The zero-order chi connectivity index (χ0) is 13.7. The molecule has 1 saturated heterocycles. The summed E-state index contributed by atoms with van der Waals surface area (Å²) in [6.45, 7) is 2.98. The predicted octanol–water partition coefficient (Wildman–Crippen LogP) is 1.50. The van der Waals surface area contributed by atoms with Crippen molar-refractivity contribution in [2.45, 2.75) is 0 Å². The summed E-state index contributed by atoms with van der Waals surface area (Å²) in [5, 5.41) is 11.3. The lowest BCUT2D eigenvalue weighted by Crippen LogP contribution is -2.50. The molecule has 2 amide bonds. The highest BCUT2D eigenvalue weighted by atomic mass is 19.1. The van der Waals surface area contributed by atoms with E-state index in [-0.39, 0.29) is 11.8 Å². The molecule has 1 fully saturated rings. The first-order valence-electron chi connectivity index (χ1n) is 6.10. The maximum absolute atomic E-state index is 12.7. The van der Waals surface area contributed by atoms with E-state index in [0.29, 0.717) is 38.4 Å². The average Bonchev–Trinajstić information content (AvgIpc) is 2.42. The third-order valence-corrected chi connectivity index (χ3v) is 3.05. The van der Waals surface area contributed by atoms with Crippen molar-refractivity contribution in [1.82, 2.24) is 9.80 Å². The van der Waals surface area contributed by atoms with Gasteiger partial charge in [0.1, 0.15) is 5.82 Å². The molecule has 2 rings (SSSR count). The van der Waals surface area contributed by atoms with Crippen LogP contribution >= 0.6 is 0 Å². The number of carbonyl (C=O) groups excluding carboxylic acids is 1. The van der Waals surface area contributed by atoms with E-state index in [1.165, 1.54) is 24.3 Å². The summed E-state index contributed by atoms with van der Waals surface area (Å²) in [6.07, 6.45) is 0. The second-order valence-corrected chi connectivity index (χ2v) is 4.36. The van der Waals surface area contributed by atoms with E-state index in [0.717, 1.165) is 0 Å². The summed E-state index contributed by atoms with van der Waals surface area (Å²) in [7, 11) is 0. The Morgan fingerprint density at radius 3 is 2.47 bits per heavy atom. The molecule has 1 aromatic carbocycles. The standard InChI is InChI=1S/C13H15FN4O/c14-11-1-3-12(4-2-11)16-13(19)18-9-7-17(6-5-15)8-10-18/h1-4H,6-10H2,(H,16,19). The molecule has 0 unspecified atom stereocenters. The lowest BCUT2D eigenvalue weighted by atomic mass is 10.3. The Morgan fingerprint density at radius 1 is 1.26 bits per heavy atom. The molecule has 0 aliphatic carbocycles. The van der Waals surface area contributed by atoms with Crippen molar-refractivity contribution in [3.8, 4) is 6.07 Å². The van der Waals surface area contributed by atoms with Crippen LogP contribution in [-0.2, 0) is 0 Å². The van der Waals surface area contributed by atoms with E-state index in [4.69, 9.17) is 5.26 Å². The quantitative estimate of drug-likeness (QED) is 0.822. The number of amides is 2. The number of nitriles is 1. The minimum Gasteiger partial charge on any atom is -0.322 e. The summed E-state index contributed by atoms with van der Waals surface area (Å²) >= 11 is 0. The number of benzene rings is 1. The number of carbonyl (C=O) groups is 1. The van der Waals surface area contributed by atoms with Gasteiger partial charge in [-0.2, -0.15) is 5.26 Å². The minimum atomic E-state index is -0.330. The van der Waals surface area contributed by atoms with E-state index < -0.39 is 0 Å². The topological polar surface area (TPSA) is 59.4 Å². The minimum absolute atomic E-state index is 0.191. The highest BCUT2D eigenvalue weighted by Gasteiger charge is 2.20. The fourth-order valence-corrected chi connectivity index (χ4v) is 1.94. The Labute approximate surface area is 111 Å². The maximum Gasteiger partial charge on any atom is 0.321 e. The van der Waals surface area contributed by atoms with Gasteiger partial charge in [-0.1, -0.05) is 0 Å². The summed E-state index contributed by atoms with van der Waals surface area (Å²) in [5.41, 5.74) is 0.575. The van der Waals surface area contributed by atoms with Crippen LogP contribution in [-0.4, -0.2) is 48.6 Å². The SMILES string of the molecule is N#CCN1CCN(C(=O)Nc2ccc(F)cc2)CC1. The summed E-state index contributed by atoms with van der Waals surface area (Å²) in [4.78, 5) is 15.6. The molecule has 0 saturated carbocycles. The van der Waals surface area contributed by atoms with Crippen LogP contribution in [0.5, 0.6) is 0 Å². The van der Waals surface area contributed by atoms with Crippen molar-refractivity contribution in [1.29, 1.82) is 5.26 Å². The Morgan fingerprint density at radius 2 is 1.89 bits per heavy atom. The van der Waals surface area contributed by atoms with Crippen LogP contribution in [0, 0.1) is 17.1 Å². The summed E-state index contributed by atoms with van der Waals surface area (Å²) in [6, 6.07) is 7.57. The highest BCUT2D eigenvalue weighted by molar-refractivity contribution is 5.89.